The maximum absolute atomic E-state index is 5.68. The second kappa shape index (κ2) is 2.74. The van der Waals surface area contributed by atoms with Crippen molar-refractivity contribution in [1.82, 2.24) is 5.32 Å². The number of nitrogens with one attached hydrogen (secondary N) is 1. The van der Waals surface area contributed by atoms with Gasteiger partial charge in [-0.1, -0.05) is 24.3 Å². The molecule has 0 aromatic heterocycles. The number of rotatable bonds is 0. The number of allylic oxidation sites excluding steroid dienone is 2. The lowest BCUT2D eigenvalue weighted by Gasteiger charge is -2.28. The molecule has 3 aliphatic rings. The molecule has 13 heavy (non-hydrogen) atoms. The number of ether oxygens (including phenoxy) is 1. The van der Waals surface area contributed by atoms with Gasteiger partial charge in [0.25, 0.3) is 0 Å². The van der Waals surface area contributed by atoms with Crippen LogP contribution in [0.4, 0.5) is 0 Å². The van der Waals surface area contributed by atoms with Crippen molar-refractivity contribution in [1.29, 1.82) is 0 Å². The number of hydrogen-bond donors (Lipinski definition) is 1. The first kappa shape index (κ1) is 7.39. The lowest BCUT2D eigenvalue weighted by atomic mass is 9.90. The third-order valence-corrected chi connectivity index (χ3v) is 2.99. The SMILES string of the molecule is C1=CC2=C3OCC[C@H]3CN[C@H]2C=C1. The Balaban J connectivity index is 2.05. The van der Waals surface area contributed by atoms with E-state index in [1.807, 2.05) is 0 Å². The van der Waals surface area contributed by atoms with Gasteiger partial charge in [-0.25, -0.2) is 0 Å². The zero-order chi connectivity index (χ0) is 8.67. The molecule has 2 nitrogen and oxygen atoms in total. The van der Waals surface area contributed by atoms with Crippen molar-refractivity contribution >= 4 is 0 Å². The van der Waals surface area contributed by atoms with E-state index < -0.39 is 0 Å². The molecule has 0 saturated carbocycles. The fourth-order valence-electron chi connectivity index (χ4n) is 2.30. The topological polar surface area (TPSA) is 21.3 Å². The minimum absolute atomic E-state index is 0.398. The summed E-state index contributed by atoms with van der Waals surface area (Å²) in [6.45, 7) is 1.97. The molecule has 0 aromatic rings. The summed E-state index contributed by atoms with van der Waals surface area (Å²) in [5, 5.41) is 3.52. The van der Waals surface area contributed by atoms with E-state index in [1.165, 1.54) is 17.8 Å². The van der Waals surface area contributed by atoms with Crippen molar-refractivity contribution in [2.24, 2.45) is 5.92 Å². The van der Waals surface area contributed by atoms with Gasteiger partial charge in [0.2, 0.25) is 0 Å². The van der Waals surface area contributed by atoms with Crippen LogP contribution in [0, 0.1) is 5.92 Å². The molecule has 1 saturated heterocycles. The molecule has 0 unspecified atom stereocenters. The zero-order valence-electron chi connectivity index (χ0n) is 7.49. The lowest BCUT2D eigenvalue weighted by Crippen LogP contribution is -2.39. The molecule has 2 heteroatoms. The quantitative estimate of drug-likeness (QED) is 0.600. The van der Waals surface area contributed by atoms with Crippen molar-refractivity contribution in [2.75, 3.05) is 13.2 Å². The van der Waals surface area contributed by atoms with Gasteiger partial charge in [0.15, 0.2) is 0 Å². The number of fused-ring (bicyclic) bond motifs is 2. The predicted molar refractivity (Wildman–Crippen MR) is 51.2 cm³/mol. The summed E-state index contributed by atoms with van der Waals surface area (Å²) in [7, 11) is 0. The summed E-state index contributed by atoms with van der Waals surface area (Å²) in [5.74, 6) is 1.87. The molecule has 2 aliphatic heterocycles. The summed E-state index contributed by atoms with van der Waals surface area (Å²) in [6.07, 6.45) is 9.72. The standard InChI is InChI=1S/C11H13NO/c1-2-4-10-9(3-1)11-8(7-12-10)5-6-13-11/h1-4,8,10,12H,5-7H2/t8-,10-/m0/s1. The van der Waals surface area contributed by atoms with Crippen LogP contribution in [0.2, 0.25) is 0 Å². The summed E-state index contributed by atoms with van der Waals surface area (Å²) in [4.78, 5) is 0. The van der Waals surface area contributed by atoms with Crippen LogP contribution in [0.1, 0.15) is 6.42 Å². The van der Waals surface area contributed by atoms with Gasteiger partial charge < -0.3 is 10.1 Å². The molecule has 3 rings (SSSR count). The molecule has 0 spiro atoms. The maximum atomic E-state index is 5.68. The Bertz CT molecular complexity index is 314. The van der Waals surface area contributed by atoms with Crippen LogP contribution in [0.25, 0.3) is 0 Å². The summed E-state index contributed by atoms with van der Waals surface area (Å²) < 4.78 is 5.68. The van der Waals surface area contributed by atoms with Gasteiger partial charge in [-0.15, -0.1) is 0 Å². The van der Waals surface area contributed by atoms with Crippen molar-refractivity contribution in [2.45, 2.75) is 12.5 Å². The first-order valence-electron chi connectivity index (χ1n) is 4.90. The first-order chi connectivity index (χ1) is 6.45. The number of hydrogen-bond acceptors (Lipinski definition) is 2. The summed E-state index contributed by atoms with van der Waals surface area (Å²) >= 11 is 0. The molecule has 1 N–H and O–H groups in total. The third kappa shape index (κ3) is 1.05. The van der Waals surface area contributed by atoms with E-state index in [-0.39, 0.29) is 0 Å². The highest BCUT2D eigenvalue weighted by molar-refractivity contribution is 5.41. The highest BCUT2D eigenvalue weighted by atomic mass is 16.5. The van der Waals surface area contributed by atoms with Gasteiger partial charge in [-0.05, 0) is 6.42 Å². The molecular formula is C11H13NO. The van der Waals surface area contributed by atoms with Gasteiger partial charge in [0.1, 0.15) is 5.76 Å². The van der Waals surface area contributed by atoms with Crippen molar-refractivity contribution < 1.29 is 4.74 Å². The van der Waals surface area contributed by atoms with Crippen LogP contribution >= 0.6 is 0 Å². The van der Waals surface area contributed by atoms with Gasteiger partial charge in [-0.2, -0.15) is 0 Å². The molecule has 0 bridgehead atoms. The molecule has 1 aliphatic carbocycles. The Morgan fingerprint density at radius 2 is 2.38 bits per heavy atom. The van der Waals surface area contributed by atoms with Crippen LogP contribution in [-0.4, -0.2) is 19.2 Å². The molecule has 68 valence electrons. The fourth-order valence-corrected chi connectivity index (χ4v) is 2.30. The molecule has 2 heterocycles. The smallest absolute Gasteiger partial charge is 0.105 e. The average Bonchev–Trinajstić information content (AvgIpc) is 2.65. The minimum Gasteiger partial charge on any atom is -0.497 e. The highest BCUT2D eigenvalue weighted by Gasteiger charge is 2.32. The molecule has 0 radical (unpaired) electrons. The van der Waals surface area contributed by atoms with Crippen LogP contribution in [0.15, 0.2) is 35.6 Å². The van der Waals surface area contributed by atoms with Crippen LogP contribution < -0.4 is 5.32 Å². The summed E-state index contributed by atoms with van der Waals surface area (Å²) in [6, 6.07) is 0.398. The second-order valence-electron chi connectivity index (χ2n) is 3.78. The monoisotopic (exact) mass is 175 g/mol. The van der Waals surface area contributed by atoms with Gasteiger partial charge in [0, 0.05) is 18.0 Å². The van der Waals surface area contributed by atoms with E-state index in [2.05, 4.69) is 29.6 Å². The first-order valence-corrected chi connectivity index (χ1v) is 4.90. The molecular weight excluding hydrogens is 162 g/mol. The molecule has 0 amide bonds. The Hall–Kier alpha value is -1.02. The average molecular weight is 175 g/mol. The highest BCUT2D eigenvalue weighted by Crippen LogP contribution is 2.33. The van der Waals surface area contributed by atoms with Crippen LogP contribution in [0.5, 0.6) is 0 Å². The van der Waals surface area contributed by atoms with E-state index >= 15 is 0 Å². The summed E-state index contributed by atoms with van der Waals surface area (Å²) in [5.41, 5.74) is 1.34. The normalized spacial score (nSPS) is 35.7. The van der Waals surface area contributed by atoms with E-state index in [0.717, 1.165) is 13.2 Å². The fraction of sp³-hybridized carbons (Fsp3) is 0.455. The Morgan fingerprint density at radius 1 is 1.38 bits per heavy atom. The van der Waals surface area contributed by atoms with Crippen molar-refractivity contribution in [3.05, 3.63) is 35.6 Å². The third-order valence-electron chi connectivity index (χ3n) is 2.99. The van der Waals surface area contributed by atoms with Gasteiger partial charge in [0.05, 0.1) is 12.6 Å². The Kier molecular flexibility index (Phi) is 1.56. The lowest BCUT2D eigenvalue weighted by molar-refractivity contribution is 0.248. The van der Waals surface area contributed by atoms with Crippen molar-refractivity contribution in [3.8, 4) is 0 Å². The van der Waals surface area contributed by atoms with Crippen molar-refractivity contribution in [3.63, 3.8) is 0 Å². The van der Waals surface area contributed by atoms with E-state index in [1.54, 1.807) is 0 Å². The van der Waals surface area contributed by atoms with E-state index in [4.69, 9.17) is 4.74 Å². The maximum Gasteiger partial charge on any atom is 0.105 e. The zero-order valence-corrected chi connectivity index (χ0v) is 7.49. The Labute approximate surface area is 78.0 Å². The van der Waals surface area contributed by atoms with Gasteiger partial charge >= 0.3 is 0 Å². The largest absolute Gasteiger partial charge is 0.497 e. The van der Waals surface area contributed by atoms with Crippen LogP contribution in [-0.2, 0) is 4.74 Å². The minimum atomic E-state index is 0.398. The van der Waals surface area contributed by atoms with E-state index in [0.29, 0.717) is 12.0 Å². The second-order valence-corrected chi connectivity index (χ2v) is 3.78. The molecule has 2 atom stereocenters. The Morgan fingerprint density at radius 3 is 3.38 bits per heavy atom. The van der Waals surface area contributed by atoms with E-state index in [9.17, 15) is 0 Å². The molecule has 1 fully saturated rings. The predicted octanol–water partition coefficient (Wildman–Crippen LogP) is 1.37. The molecule has 0 aromatic carbocycles. The van der Waals surface area contributed by atoms with Crippen LogP contribution in [0.3, 0.4) is 0 Å². The van der Waals surface area contributed by atoms with Gasteiger partial charge in [-0.3, -0.25) is 0 Å².